The molecule has 0 aliphatic rings. The lowest BCUT2D eigenvalue weighted by Gasteiger charge is -2.10. The zero-order chi connectivity index (χ0) is 22.1. The lowest BCUT2D eigenvalue weighted by Crippen LogP contribution is -2.23. The summed E-state index contributed by atoms with van der Waals surface area (Å²) in [4.78, 5) is 23.6. The third kappa shape index (κ3) is 6.51. The number of carbonyl (C=O) groups is 2. The molecule has 156 valence electrons. The molecule has 0 fully saturated rings. The molecule has 0 bridgehead atoms. The highest BCUT2D eigenvalue weighted by Gasteiger charge is 2.13. The van der Waals surface area contributed by atoms with Gasteiger partial charge in [-0.3, -0.25) is 4.79 Å². The fourth-order valence-corrected chi connectivity index (χ4v) is 3.32. The summed E-state index contributed by atoms with van der Waals surface area (Å²) in [5.74, 6) is -0.111. The Bertz CT molecular complexity index is 976. The van der Waals surface area contributed by atoms with E-state index < -0.39 is 11.9 Å². The largest absolute Gasteiger partial charge is 0.497 e. The number of rotatable bonds is 8. The van der Waals surface area contributed by atoms with Crippen LogP contribution in [0.2, 0.25) is 5.02 Å². The van der Waals surface area contributed by atoms with Crippen LogP contribution >= 0.6 is 27.5 Å². The van der Waals surface area contributed by atoms with Gasteiger partial charge in [0.05, 0.1) is 23.7 Å². The Balaban J connectivity index is 2.11. The molecule has 0 heterocycles. The predicted molar refractivity (Wildman–Crippen MR) is 115 cm³/mol. The molecule has 2 rings (SSSR count). The Morgan fingerprint density at radius 3 is 2.50 bits per heavy atom. The maximum absolute atomic E-state index is 12.4. The van der Waals surface area contributed by atoms with E-state index in [1.807, 2.05) is 18.2 Å². The smallest absolute Gasteiger partial charge is 0.343 e. The number of benzene rings is 2. The summed E-state index contributed by atoms with van der Waals surface area (Å²) in [5, 5.41) is 12.3. The number of halogens is 2. The van der Waals surface area contributed by atoms with Gasteiger partial charge in [-0.25, -0.2) is 4.79 Å². The highest BCUT2D eigenvalue weighted by molar-refractivity contribution is 9.10. The molecular formula is C21H18BrClN2O5. The van der Waals surface area contributed by atoms with Crippen molar-refractivity contribution in [2.45, 2.75) is 6.54 Å². The van der Waals surface area contributed by atoms with Crippen LogP contribution in [0.1, 0.15) is 11.1 Å². The standard InChI is InChI=1S/C21H18BrClN2O5/c1-28-16-5-3-13(4-6-16)11-25-21(27)15(10-24)7-14-8-17(22)20(18(23)9-14)30-12-19(26)29-2/h3-9H,11-12H2,1-2H3,(H,25,27)/b15-7-. The van der Waals surface area contributed by atoms with E-state index in [0.717, 1.165) is 5.56 Å². The first kappa shape index (κ1) is 23.3. The Morgan fingerprint density at radius 1 is 1.23 bits per heavy atom. The number of hydrogen-bond acceptors (Lipinski definition) is 6. The lowest BCUT2D eigenvalue weighted by atomic mass is 10.1. The van der Waals surface area contributed by atoms with Crippen LogP contribution in [0.15, 0.2) is 46.4 Å². The van der Waals surface area contributed by atoms with Crippen LogP contribution in [0, 0.1) is 11.3 Å². The van der Waals surface area contributed by atoms with Gasteiger partial charge in [0.1, 0.15) is 17.4 Å². The van der Waals surface area contributed by atoms with E-state index in [0.29, 0.717) is 15.8 Å². The van der Waals surface area contributed by atoms with Gasteiger partial charge in [0.15, 0.2) is 12.4 Å². The van der Waals surface area contributed by atoms with Gasteiger partial charge in [-0.15, -0.1) is 0 Å². The van der Waals surface area contributed by atoms with Gasteiger partial charge >= 0.3 is 5.97 Å². The highest BCUT2D eigenvalue weighted by atomic mass is 79.9. The summed E-state index contributed by atoms with van der Waals surface area (Å²) >= 11 is 9.51. The molecule has 9 heteroatoms. The number of nitrogens with one attached hydrogen (secondary N) is 1. The fraction of sp³-hybridized carbons (Fsp3) is 0.190. The van der Waals surface area contributed by atoms with Crippen LogP contribution < -0.4 is 14.8 Å². The predicted octanol–water partition coefficient (Wildman–Crippen LogP) is 3.89. The molecular weight excluding hydrogens is 476 g/mol. The summed E-state index contributed by atoms with van der Waals surface area (Å²) in [6, 6.07) is 12.2. The number of hydrogen-bond donors (Lipinski definition) is 1. The third-order valence-electron chi connectivity index (χ3n) is 3.87. The van der Waals surface area contributed by atoms with E-state index in [2.05, 4.69) is 26.0 Å². The van der Waals surface area contributed by atoms with E-state index in [-0.39, 0.29) is 29.5 Å². The normalized spacial score (nSPS) is 10.7. The average molecular weight is 494 g/mol. The number of nitriles is 1. The topological polar surface area (TPSA) is 97.7 Å². The third-order valence-corrected chi connectivity index (χ3v) is 4.74. The second kappa shape index (κ2) is 11.2. The SMILES string of the molecule is COC(=O)COc1c(Cl)cc(/C=C(/C#N)C(=O)NCc2ccc(OC)cc2)cc1Br. The molecule has 0 unspecified atom stereocenters. The molecule has 2 aromatic rings. The minimum absolute atomic E-state index is 0.0882. The molecule has 0 atom stereocenters. The number of nitrogens with zero attached hydrogens (tertiary/aromatic N) is 1. The molecule has 7 nitrogen and oxygen atoms in total. The molecule has 0 radical (unpaired) electrons. The summed E-state index contributed by atoms with van der Waals surface area (Å²) < 4.78 is 15.4. The van der Waals surface area contributed by atoms with Crippen molar-refractivity contribution in [3.63, 3.8) is 0 Å². The van der Waals surface area contributed by atoms with Gasteiger partial charge in [-0.2, -0.15) is 5.26 Å². The first-order valence-electron chi connectivity index (χ1n) is 8.59. The van der Waals surface area contributed by atoms with E-state index >= 15 is 0 Å². The van der Waals surface area contributed by atoms with Crippen LogP contribution in [-0.4, -0.2) is 32.7 Å². The minimum atomic E-state index is -0.553. The van der Waals surface area contributed by atoms with Crippen LogP contribution in [0.5, 0.6) is 11.5 Å². The van der Waals surface area contributed by atoms with Gasteiger partial charge in [-0.05, 0) is 57.4 Å². The van der Waals surface area contributed by atoms with E-state index in [4.69, 9.17) is 21.1 Å². The van der Waals surface area contributed by atoms with Crippen molar-refractivity contribution < 1.29 is 23.8 Å². The van der Waals surface area contributed by atoms with Gasteiger partial charge in [-0.1, -0.05) is 23.7 Å². The molecule has 0 spiro atoms. The fourth-order valence-electron chi connectivity index (χ4n) is 2.33. The van der Waals surface area contributed by atoms with Crippen LogP contribution in [-0.2, 0) is 20.9 Å². The van der Waals surface area contributed by atoms with Gasteiger partial charge in [0.25, 0.3) is 5.91 Å². The molecule has 30 heavy (non-hydrogen) atoms. The maximum atomic E-state index is 12.4. The monoisotopic (exact) mass is 492 g/mol. The quantitative estimate of drug-likeness (QED) is 0.340. The molecule has 0 saturated heterocycles. The van der Waals surface area contributed by atoms with Crippen molar-refractivity contribution >= 4 is 45.5 Å². The molecule has 1 amide bonds. The summed E-state index contributed by atoms with van der Waals surface area (Å²) in [6.45, 7) is -0.0478. The van der Waals surface area contributed by atoms with Gasteiger partial charge in [0.2, 0.25) is 0 Å². The second-order valence-electron chi connectivity index (χ2n) is 5.88. The first-order valence-corrected chi connectivity index (χ1v) is 9.76. The summed E-state index contributed by atoms with van der Waals surface area (Å²) in [6.07, 6.45) is 1.41. The number of esters is 1. The Kier molecular flexibility index (Phi) is 8.71. The zero-order valence-corrected chi connectivity index (χ0v) is 18.5. The van der Waals surface area contributed by atoms with Gasteiger partial charge in [0, 0.05) is 6.54 Å². The number of methoxy groups -OCH3 is 2. The molecule has 2 aromatic carbocycles. The summed E-state index contributed by atoms with van der Waals surface area (Å²) in [5.41, 5.74) is 1.28. The van der Waals surface area contributed by atoms with Crippen LogP contribution in [0.4, 0.5) is 0 Å². The van der Waals surface area contributed by atoms with Crippen molar-refractivity contribution in [3.05, 3.63) is 62.6 Å². The Morgan fingerprint density at radius 2 is 1.93 bits per heavy atom. The van der Waals surface area contributed by atoms with E-state index in [1.165, 1.54) is 19.3 Å². The zero-order valence-electron chi connectivity index (χ0n) is 16.2. The first-order chi connectivity index (χ1) is 14.4. The summed E-state index contributed by atoms with van der Waals surface area (Å²) in [7, 11) is 2.82. The van der Waals surface area contributed by atoms with Crippen molar-refractivity contribution in [2.24, 2.45) is 0 Å². The molecule has 0 aromatic heterocycles. The minimum Gasteiger partial charge on any atom is -0.497 e. The van der Waals surface area contributed by atoms with Crippen molar-refractivity contribution in [1.29, 1.82) is 5.26 Å². The van der Waals surface area contributed by atoms with E-state index in [1.54, 1.807) is 25.3 Å². The van der Waals surface area contributed by atoms with Crippen molar-refractivity contribution in [1.82, 2.24) is 5.32 Å². The van der Waals surface area contributed by atoms with Crippen LogP contribution in [0.25, 0.3) is 6.08 Å². The Hall–Kier alpha value is -3.02. The van der Waals surface area contributed by atoms with Crippen LogP contribution in [0.3, 0.4) is 0 Å². The second-order valence-corrected chi connectivity index (χ2v) is 7.14. The lowest BCUT2D eigenvalue weighted by molar-refractivity contribution is -0.142. The number of ether oxygens (including phenoxy) is 3. The Labute approximate surface area is 187 Å². The number of carbonyl (C=O) groups excluding carboxylic acids is 2. The van der Waals surface area contributed by atoms with Gasteiger partial charge < -0.3 is 19.5 Å². The molecule has 0 aliphatic heterocycles. The number of amides is 1. The average Bonchev–Trinajstić information content (AvgIpc) is 2.75. The van der Waals surface area contributed by atoms with E-state index in [9.17, 15) is 14.9 Å². The van der Waals surface area contributed by atoms with Crippen molar-refractivity contribution in [3.8, 4) is 17.6 Å². The molecule has 1 N–H and O–H groups in total. The maximum Gasteiger partial charge on any atom is 0.343 e. The molecule has 0 saturated carbocycles. The van der Waals surface area contributed by atoms with Crippen molar-refractivity contribution in [2.75, 3.05) is 20.8 Å². The highest BCUT2D eigenvalue weighted by Crippen LogP contribution is 2.35. The molecule has 0 aliphatic carbocycles.